The van der Waals surface area contributed by atoms with Crippen molar-refractivity contribution in [2.75, 3.05) is 5.32 Å². The molecule has 5 heteroatoms. The minimum Gasteiger partial charge on any atom is -0.315 e. The van der Waals surface area contributed by atoms with Crippen molar-refractivity contribution in [3.05, 3.63) is 41.2 Å². The van der Waals surface area contributed by atoms with Gasteiger partial charge in [0.15, 0.2) is 5.82 Å². The summed E-state index contributed by atoms with van der Waals surface area (Å²) in [6.45, 7) is 3.56. The number of nitrogens with one attached hydrogen (secondary N) is 1. The Morgan fingerprint density at radius 3 is 2.69 bits per heavy atom. The number of benzene rings is 1. The third-order valence-electron chi connectivity index (χ3n) is 2.14. The minimum atomic E-state index is -0.248. The Morgan fingerprint density at radius 2 is 2.06 bits per heavy atom. The Morgan fingerprint density at radius 1 is 1.31 bits per heavy atom. The molecule has 2 aromatic rings. The first-order chi connectivity index (χ1) is 7.66. The molecule has 0 radical (unpaired) electrons. The van der Waals surface area contributed by atoms with Crippen molar-refractivity contribution < 1.29 is 9.32 Å². The van der Waals surface area contributed by atoms with E-state index in [2.05, 4.69) is 15.5 Å². The summed E-state index contributed by atoms with van der Waals surface area (Å²) in [5, 5.41) is 6.13. The van der Waals surface area contributed by atoms with E-state index in [1.807, 2.05) is 19.1 Å². The van der Waals surface area contributed by atoms with Gasteiger partial charge in [0, 0.05) is 5.56 Å². The molecule has 1 heterocycles. The van der Waals surface area contributed by atoms with E-state index < -0.39 is 0 Å². The Labute approximate surface area is 92.5 Å². The lowest BCUT2D eigenvalue weighted by Gasteiger charge is -2.03. The van der Waals surface area contributed by atoms with Crippen molar-refractivity contribution in [2.24, 2.45) is 0 Å². The van der Waals surface area contributed by atoms with Crippen molar-refractivity contribution in [2.45, 2.75) is 13.8 Å². The van der Waals surface area contributed by atoms with E-state index in [1.54, 1.807) is 19.1 Å². The summed E-state index contributed by atoms with van der Waals surface area (Å²) in [6.07, 6.45) is 0. The zero-order valence-electron chi connectivity index (χ0n) is 9.02. The van der Waals surface area contributed by atoms with Crippen LogP contribution >= 0.6 is 0 Å². The highest BCUT2D eigenvalue weighted by Gasteiger charge is 2.11. The first kappa shape index (κ1) is 10.4. The monoisotopic (exact) mass is 217 g/mol. The first-order valence-corrected chi connectivity index (χ1v) is 4.84. The molecular weight excluding hydrogens is 206 g/mol. The molecule has 1 aromatic carbocycles. The topological polar surface area (TPSA) is 68.0 Å². The van der Waals surface area contributed by atoms with Gasteiger partial charge < -0.3 is 4.52 Å². The number of rotatable bonds is 2. The second-order valence-corrected chi connectivity index (χ2v) is 3.42. The van der Waals surface area contributed by atoms with Crippen LogP contribution in [0.1, 0.15) is 21.7 Å². The fourth-order valence-electron chi connectivity index (χ4n) is 1.34. The fourth-order valence-corrected chi connectivity index (χ4v) is 1.34. The maximum atomic E-state index is 11.8. The summed E-state index contributed by atoms with van der Waals surface area (Å²) in [5.41, 5.74) is 1.49. The average Bonchev–Trinajstić information content (AvgIpc) is 2.64. The molecule has 0 unspecified atom stereocenters. The third kappa shape index (κ3) is 2.08. The summed E-state index contributed by atoms with van der Waals surface area (Å²) in [7, 11) is 0. The zero-order chi connectivity index (χ0) is 11.5. The molecule has 2 rings (SSSR count). The van der Waals surface area contributed by atoms with Crippen molar-refractivity contribution in [1.82, 2.24) is 10.1 Å². The average molecular weight is 217 g/mol. The third-order valence-corrected chi connectivity index (χ3v) is 2.14. The molecule has 0 saturated carbocycles. The molecule has 0 bridgehead atoms. The van der Waals surface area contributed by atoms with Gasteiger partial charge in [-0.05, 0) is 25.5 Å². The summed E-state index contributed by atoms with van der Waals surface area (Å²) in [6, 6.07) is 7.41. The van der Waals surface area contributed by atoms with Crippen molar-refractivity contribution in [1.29, 1.82) is 0 Å². The molecule has 1 N–H and O–H groups in total. The van der Waals surface area contributed by atoms with E-state index in [4.69, 9.17) is 4.52 Å². The summed E-state index contributed by atoms with van der Waals surface area (Å²) in [5.74, 6) is 0.238. The van der Waals surface area contributed by atoms with Crippen LogP contribution in [0.25, 0.3) is 0 Å². The molecule has 0 spiro atoms. The summed E-state index contributed by atoms with van der Waals surface area (Å²) in [4.78, 5) is 15.7. The van der Waals surface area contributed by atoms with Crippen LogP contribution < -0.4 is 5.32 Å². The van der Waals surface area contributed by atoms with E-state index in [9.17, 15) is 4.79 Å². The van der Waals surface area contributed by atoms with Crippen LogP contribution in [0.2, 0.25) is 0 Å². The standard InChI is InChI=1S/C11H11N3O2/c1-7-5-3-4-6-9(7)10(15)13-11-12-8(2)14-16-11/h3-6H,1-2H3,(H,12,13,14,15). The van der Waals surface area contributed by atoms with Crippen molar-refractivity contribution in [3.8, 4) is 0 Å². The van der Waals surface area contributed by atoms with Gasteiger partial charge in [0.25, 0.3) is 5.91 Å². The maximum absolute atomic E-state index is 11.8. The van der Waals surface area contributed by atoms with E-state index in [0.29, 0.717) is 11.4 Å². The normalized spacial score (nSPS) is 10.1. The van der Waals surface area contributed by atoms with Crippen LogP contribution in [-0.4, -0.2) is 16.0 Å². The fraction of sp³-hybridized carbons (Fsp3) is 0.182. The van der Waals surface area contributed by atoms with Crippen LogP contribution in [0.4, 0.5) is 6.01 Å². The Kier molecular flexibility index (Phi) is 2.68. The Bertz CT molecular complexity index is 519. The maximum Gasteiger partial charge on any atom is 0.328 e. The van der Waals surface area contributed by atoms with Crippen LogP contribution in [0.3, 0.4) is 0 Å². The summed E-state index contributed by atoms with van der Waals surface area (Å²) < 4.78 is 4.80. The number of carbonyl (C=O) groups is 1. The van der Waals surface area contributed by atoms with Crippen LogP contribution in [0.15, 0.2) is 28.8 Å². The van der Waals surface area contributed by atoms with Gasteiger partial charge in [0.1, 0.15) is 0 Å². The van der Waals surface area contributed by atoms with Gasteiger partial charge in [0.05, 0.1) is 0 Å². The highest BCUT2D eigenvalue weighted by Crippen LogP contribution is 2.10. The second kappa shape index (κ2) is 4.14. The highest BCUT2D eigenvalue weighted by atomic mass is 16.5. The van der Waals surface area contributed by atoms with Gasteiger partial charge in [-0.1, -0.05) is 23.4 Å². The molecule has 0 aliphatic rings. The number of hydrogen-bond acceptors (Lipinski definition) is 4. The molecule has 5 nitrogen and oxygen atoms in total. The number of hydrogen-bond donors (Lipinski definition) is 1. The highest BCUT2D eigenvalue weighted by molar-refractivity contribution is 6.04. The van der Waals surface area contributed by atoms with Gasteiger partial charge in [-0.15, -0.1) is 0 Å². The first-order valence-electron chi connectivity index (χ1n) is 4.84. The van der Waals surface area contributed by atoms with Crippen LogP contribution in [0.5, 0.6) is 0 Å². The lowest BCUT2D eigenvalue weighted by molar-refractivity contribution is 0.102. The number of anilines is 1. The van der Waals surface area contributed by atoms with Gasteiger partial charge in [-0.2, -0.15) is 4.98 Å². The molecule has 16 heavy (non-hydrogen) atoms. The van der Waals surface area contributed by atoms with Crippen molar-refractivity contribution >= 4 is 11.9 Å². The molecule has 0 aliphatic heterocycles. The molecule has 0 aliphatic carbocycles. The molecule has 0 saturated heterocycles. The van der Waals surface area contributed by atoms with Crippen molar-refractivity contribution in [3.63, 3.8) is 0 Å². The van der Waals surface area contributed by atoms with Crippen LogP contribution in [-0.2, 0) is 0 Å². The predicted octanol–water partition coefficient (Wildman–Crippen LogP) is 1.94. The van der Waals surface area contributed by atoms with Gasteiger partial charge >= 0.3 is 6.01 Å². The van der Waals surface area contributed by atoms with Gasteiger partial charge in [0.2, 0.25) is 0 Å². The predicted molar refractivity (Wildman–Crippen MR) is 58.2 cm³/mol. The quantitative estimate of drug-likeness (QED) is 0.834. The van der Waals surface area contributed by atoms with Crippen LogP contribution in [0, 0.1) is 13.8 Å². The lowest BCUT2D eigenvalue weighted by atomic mass is 10.1. The molecule has 1 amide bonds. The summed E-state index contributed by atoms with van der Waals surface area (Å²) >= 11 is 0. The largest absolute Gasteiger partial charge is 0.328 e. The molecule has 82 valence electrons. The number of amides is 1. The molecule has 1 aromatic heterocycles. The Balaban J connectivity index is 2.18. The second-order valence-electron chi connectivity index (χ2n) is 3.42. The number of carbonyl (C=O) groups excluding carboxylic acids is 1. The van der Waals surface area contributed by atoms with E-state index in [0.717, 1.165) is 5.56 Å². The number of aromatic nitrogens is 2. The van der Waals surface area contributed by atoms with Gasteiger partial charge in [-0.25, -0.2) is 0 Å². The van der Waals surface area contributed by atoms with Gasteiger partial charge in [-0.3, -0.25) is 10.1 Å². The van der Waals surface area contributed by atoms with E-state index in [-0.39, 0.29) is 11.9 Å². The molecule has 0 fully saturated rings. The Hall–Kier alpha value is -2.17. The number of aryl methyl sites for hydroxylation is 2. The van der Waals surface area contributed by atoms with E-state index >= 15 is 0 Å². The smallest absolute Gasteiger partial charge is 0.315 e. The molecular formula is C11H11N3O2. The lowest BCUT2D eigenvalue weighted by Crippen LogP contribution is -2.13. The zero-order valence-corrected chi connectivity index (χ0v) is 9.02. The SMILES string of the molecule is Cc1noc(NC(=O)c2ccccc2C)n1. The molecule has 0 atom stereocenters. The number of nitrogens with zero attached hydrogens (tertiary/aromatic N) is 2. The van der Waals surface area contributed by atoms with E-state index in [1.165, 1.54) is 0 Å². The minimum absolute atomic E-state index is 0.116.